The van der Waals surface area contributed by atoms with E-state index >= 15 is 0 Å². The van der Waals surface area contributed by atoms with Crippen LogP contribution < -0.4 is 9.64 Å². The highest BCUT2D eigenvalue weighted by atomic mass is 19.1. The Morgan fingerprint density at radius 1 is 0.939 bits per heavy atom. The molecule has 0 atom stereocenters. The molecule has 2 aromatic carbocycles. The first-order valence-corrected chi connectivity index (χ1v) is 10.8. The molecule has 0 spiro atoms. The van der Waals surface area contributed by atoms with Crippen molar-refractivity contribution in [2.75, 3.05) is 31.1 Å². The molecule has 2 aromatic heterocycles. The van der Waals surface area contributed by atoms with Gasteiger partial charge in [-0.1, -0.05) is 35.0 Å². The van der Waals surface area contributed by atoms with E-state index < -0.39 is 0 Å². The first-order chi connectivity index (χ1) is 16.1. The molecule has 0 N–H and O–H groups in total. The Morgan fingerprint density at radius 3 is 2.45 bits per heavy atom. The van der Waals surface area contributed by atoms with E-state index in [1.165, 1.54) is 17.7 Å². The van der Waals surface area contributed by atoms with E-state index in [-0.39, 0.29) is 5.82 Å². The topological polar surface area (TPSA) is 80.4 Å². The molecular weight excluding hydrogens is 423 g/mol. The molecule has 0 radical (unpaired) electrons. The number of rotatable bonds is 6. The first kappa shape index (κ1) is 21.0. The number of benzene rings is 2. The van der Waals surface area contributed by atoms with Crippen molar-refractivity contribution in [1.82, 2.24) is 25.0 Å². The van der Waals surface area contributed by atoms with Gasteiger partial charge < -0.3 is 14.2 Å². The van der Waals surface area contributed by atoms with Crippen molar-refractivity contribution in [3.8, 4) is 23.0 Å². The van der Waals surface area contributed by atoms with Crippen molar-refractivity contribution in [1.29, 1.82) is 0 Å². The van der Waals surface area contributed by atoms with Crippen LogP contribution in [0.3, 0.4) is 0 Å². The summed E-state index contributed by atoms with van der Waals surface area (Å²) in [5.74, 6) is 2.45. The van der Waals surface area contributed by atoms with Crippen LogP contribution in [-0.4, -0.2) is 51.2 Å². The zero-order valence-electron chi connectivity index (χ0n) is 18.2. The summed E-state index contributed by atoms with van der Waals surface area (Å²) in [5.41, 5.74) is 2.14. The number of aryl methyl sites for hydroxylation is 1. The third-order valence-corrected chi connectivity index (χ3v) is 5.45. The predicted octanol–water partition coefficient (Wildman–Crippen LogP) is 4.09. The van der Waals surface area contributed by atoms with Gasteiger partial charge in [-0.15, -0.1) is 0 Å². The van der Waals surface area contributed by atoms with Crippen LogP contribution in [0.5, 0.6) is 11.6 Å². The SMILES string of the molecule is Cc1ccc(-c2noc(CN3CCN(c4nccc(Oc5ccc(F)cc5)n4)CC3)n2)cc1. The lowest BCUT2D eigenvalue weighted by molar-refractivity contribution is 0.214. The number of nitrogens with zero attached hydrogens (tertiary/aromatic N) is 6. The van der Waals surface area contributed by atoms with Gasteiger partial charge in [0.1, 0.15) is 11.6 Å². The van der Waals surface area contributed by atoms with Gasteiger partial charge in [-0.2, -0.15) is 9.97 Å². The van der Waals surface area contributed by atoms with Crippen molar-refractivity contribution < 1.29 is 13.7 Å². The third-order valence-electron chi connectivity index (χ3n) is 5.45. The minimum absolute atomic E-state index is 0.310. The standard InChI is InChI=1S/C24H23FN6O2/c1-17-2-4-18(5-3-17)23-27-22(33-29-23)16-30-12-14-31(15-13-30)24-26-11-10-21(28-24)32-20-8-6-19(25)7-9-20/h2-11H,12-16H2,1H3. The molecular formula is C24H23FN6O2. The highest BCUT2D eigenvalue weighted by Crippen LogP contribution is 2.22. The van der Waals surface area contributed by atoms with Crippen LogP contribution in [0.1, 0.15) is 11.5 Å². The molecule has 9 heteroatoms. The second-order valence-electron chi connectivity index (χ2n) is 7.89. The van der Waals surface area contributed by atoms with Crippen LogP contribution in [0.2, 0.25) is 0 Å². The van der Waals surface area contributed by atoms with E-state index in [1.807, 2.05) is 31.2 Å². The predicted molar refractivity (Wildman–Crippen MR) is 120 cm³/mol. The molecule has 1 fully saturated rings. The van der Waals surface area contributed by atoms with E-state index in [2.05, 4.69) is 29.9 Å². The summed E-state index contributed by atoms with van der Waals surface area (Å²) in [4.78, 5) is 17.8. The second-order valence-corrected chi connectivity index (χ2v) is 7.89. The summed E-state index contributed by atoms with van der Waals surface area (Å²) in [6.45, 7) is 5.80. The molecule has 168 valence electrons. The van der Waals surface area contributed by atoms with Crippen LogP contribution in [0.25, 0.3) is 11.4 Å². The molecule has 5 rings (SSSR count). The van der Waals surface area contributed by atoms with Gasteiger partial charge >= 0.3 is 0 Å². The van der Waals surface area contributed by atoms with Crippen LogP contribution in [0.15, 0.2) is 65.3 Å². The number of anilines is 1. The summed E-state index contributed by atoms with van der Waals surface area (Å²) in [7, 11) is 0. The molecule has 8 nitrogen and oxygen atoms in total. The molecule has 4 aromatic rings. The fourth-order valence-electron chi connectivity index (χ4n) is 3.60. The minimum Gasteiger partial charge on any atom is -0.439 e. The molecule has 1 aliphatic rings. The Hall–Kier alpha value is -3.85. The Morgan fingerprint density at radius 2 is 1.70 bits per heavy atom. The molecule has 1 aliphatic heterocycles. The average Bonchev–Trinajstić information content (AvgIpc) is 3.30. The van der Waals surface area contributed by atoms with E-state index in [0.717, 1.165) is 31.7 Å². The maximum atomic E-state index is 13.1. The van der Waals surface area contributed by atoms with E-state index in [4.69, 9.17) is 9.26 Å². The summed E-state index contributed by atoms with van der Waals surface area (Å²) in [5, 5.41) is 4.12. The van der Waals surface area contributed by atoms with Gasteiger partial charge in [0.15, 0.2) is 0 Å². The zero-order valence-corrected chi connectivity index (χ0v) is 18.2. The summed E-state index contributed by atoms with van der Waals surface area (Å²) in [6, 6.07) is 15.6. The smallest absolute Gasteiger partial charge is 0.241 e. The number of aromatic nitrogens is 4. The van der Waals surface area contributed by atoms with E-state index in [1.54, 1.807) is 24.4 Å². The number of halogens is 1. The van der Waals surface area contributed by atoms with E-state index in [0.29, 0.717) is 35.8 Å². The minimum atomic E-state index is -0.310. The molecule has 0 bridgehead atoms. The van der Waals surface area contributed by atoms with Gasteiger partial charge in [0.2, 0.25) is 23.5 Å². The zero-order chi connectivity index (χ0) is 22.6. The van der Waals surface area contributed by atoms with E-state index in [9.17, 15) is 4.39 Å². The number of piperazine rings is 1. The Kier molecular flexibility index (Phi) is 5.95. The lowest BCUT2D eigenvalue weighted by atomic mass is 10.1. The highest BCUT2D eigenvalue weighted by Gasteiger charge is 2.21. The molecule has 33 heavy (non-hydrogen) atoms. The second kappa shape index (κ2) is 9.33. The Balaban J connectivity index is 1.17. The van der Waals surface area contributed by atoms with Crippen LogP contribution in [-0.2, 0) is 6.54 Å². The van der Waals surface area contributed by atoms with Crippen molar-refractivity contribution in [2.45, 2.75) is 13.5 Å². The Labute approximate surface area is 190 Å². The molecule has 3 heterocycles. The van der Waals surface area contributed by atoms with Gasteiger partial charge in [0.25, 0.3) is 0 Å². The van der Waals surface area contributed by atoms with Gasteiger partial charge in [-0.05, 0) is 31.2 Å². The summed E-state index contributed by atoms with van der Waals surface area (Å²) >= 11 is 0. The largest absolute Gasteiger partial charge is 0.439 e. The number of ether oxygens (including phenoxy) is 1. The lowest BCUT2D eigenvalue weighted by Crippen LogP contribution is -2.46. The molecule has 0 amide bonds. The summed E-state index contributed by atoms with van der Waals surface area (Å²) in [6.07, 6.45) is 1.67. The Bertz CT molecular complexity index is 1200. The normalized spacial score (nSPS) is 14.4. The van der Waals surface area contributed by atoms with Gasteiger partial charge in [0.05, 0.1) is 6.54 Å². The molecule has 1 saturated heterocycles. The fraction of sp³-hybridized carbons (Fsp3) is 0.250. The summed E-state index contributed by atoms with van der Waals surface area (Å²) < 4.78 is 24.3. The van der Waals surface area contributed by atoms with Crippen molar-refractivity contribution in [2.24, 2.45) is 0 Å². The fourth-order valence-corrected chi connectivity index (χ4v) is 3.60. The average molecular weight is 446 g/mol. The van der Waals surface area contributed by atoms with Crippen molar-refractivity contribution in [3.63, 3.8) is 0 Å². The van der Waals surface area contributed by atoms with Crippen molar-refractivity contribution in [3.05, 3.63) is 78.1 Å². The van der Waals surface area contributed by atoms with Crippen LogP contribution in [0, 0.1) is 12.7 Å². The monoisotopic (exact) mass is 446 g/mol. The number of hydrogen-bond acceptors (Lipinski definition) is 8. The maximum absolute atomic E-state index is 13.1. The highest BCUT2D eigenvalue weighted by molar-refractivity contribution is 5.54. The molecule has 0 aliphatic carbocycles. The van der Waals surface area contributed by atoms with Crippen molar-refractivity contribution >= 4 is 5.95 Å². The number of hydrogen-bond donors (Lipinski definition) is 0. The molecule has 0 unspecified atom stereocenters. The van der Waals surface area contributed by atoms with Gasteiger partial charge in [0, 0.05) is 44.0 Å². The van der Waals surface area contributed by atoms with Crippen LogP contribution >= 0.6 is 0 Å². The maximum Gasteiger partial charge on any atom is 0.241 e. The van der Waals surface area contributed by atoms with Gasteiger partial charge in [-0.25, -0.2) is 9.37 Å². The first-order valence-electron chi connectivity index (χ1n) is 10.8. The molecule has 0 saturated carbocycles. The lowest BCUT2D eigenvalue weighted by Gasteiger charge is -2.33. The third kappa shape index (κ3) is 5.15. The quantitative estimate of drug-likeness (QED) is 0.438. The van der Waals surface area contributed by atoms with Crippen LogP contribution in [0.4, 0.5) is 10.3 Å². The van der Waals surface area contributed by atoms with Gasteiger partial charge in [-0.3, -0.25) is 4.90 Å².